The van der Waals surface area contributed by atoms with Gasteiger partial charge in [0.25, 0.3) is 0 Å². The zero-order chi connectivity index (χ0) is 9.10. The summed E-state index contributed by atoms with van der Waals surface area (Å²) in [5.74, 6) is 0. The SMILES string of the molecule is [CH2-]c1ccccc1-c1ccccn1.[Pd]. The van der Waals surface area contributed by atoms with E-state index in [1.807, 2.05) is 42.5 Å². The molecule has 1 heterocycles. The number of benzene rings is 1. The zero-order valence-corrected chi connectivity index (χ0v) is 9.14. The van der Waals surface area contributed by atoms with Crippen LogP contribution >= 0.6 is 0 Å². The molecule has 0 saturated carbocycles. The standard InChI is InChI=1S/C12H10N.Pd/c1-10-6-2-3-7-11(10)12-8-4-5-9-13-12;/h2-9H,1H2;/q-1;. The summed E-state index contributed by atoms with van der Waals surface area (Å²) in [5, 5.41) is 0. The van der Waals surface area contributed by atoms with Gasteiger partial charge in [-0.15, -0.1) is 17.7 Å². The number of pyridine rings is 1. The molecule has 2 rings (SSSR count). The molecule has 14 heavy (non-hydrogen) atoms. The molecule has 0 bridgehead atoms. The summed E-state index contributed by atoms with van der Waals surface area (Å²) in [6.07, 6.45) is 1.79. The fourth-order valence-corrected chi connectivity index (χ4v) is 1.29. The van der Waals surface area contributed by atoms with Crippen LogP contribution in [0.25, 0.3) is 11.3 Å². The van der Waals surface area contributed by atoms with E-state index in [9.17, 15) is 0 Å². The molecule has 0 unspecified atom stereocenters. The molecule has 0 aliphatic carbocycles. The van der Waals surface area contributed by atoms with Gasteiger partial charge >= 0.3 is 0 Å². The monoisotopic (exact) mass is 274 g/mol. The van der Waals surface area contributed by atoms with Gasteiger partial charge in [0.2, 0.25) is 0 Å². The van der Waals surface area contributed by atoms with Crippen LogP contribution in [-0.4, -0.2) is 4.98 Å². The Hall–Kier alpha value is -1.10. The first-order valence-corrected chi connectivity index (χ1v) is 4.20. The Morgan fingerprint density at radius 1 is 0.929 bits per heavy atom. The van der Waals surface area contributed by atoms with Crippen molar-refractivity contribution in [2.45, 2.75) is 0 Å². The van der Waals surface area contributed by atoms with Crippen molar-refractivity contribution in [3.63, 3.8) is 0 Å². The van der Waals surface area contributed by atoms with Gasteiger partial charge in [0.1, 0.15) is 0 Å². The van der Waals surface area contributed by atoms with Gasteiger partial charge in [-0.25, -0.2) is 0 Å². The average Bonchev–Trinajstić information content (AvgIpc) is 2.20. The van der Waals surface area contributed by atoms with E-state index in [0.29, 0.717) is 0 Å². The van der Waals surface area contributed by atoms with Crippen molar-refractivity contribution in [2.75, 3.05) is 0 Å². The van der Waals surface area contributed by atoms with E-state index >= 15 is 0 Å². The Bertz CT molecular complexity index is 398. The first kappa shape index (κ1) is 11.0. The molecule has 0 radical (unpaired) electrons. The van der Waals surface area contributed by atoms with Crippen LogP contribution in [0, 0.1) is 6.92 Å². The Balaban J connectivity index is 0.000000980. The van der Waals surface area contributed by atoms with E-state index in [1.165, 1.54) is 0 Å². The molecule has 0 aliphatic rings. The second-order valence-electron chi connectivity index (χ2n) is 2.87. The minimum atomic E-state index is 0. The number of nitrogens with zero attached hydrogens (tertiary/aromatic N) is 1. The van der Waals surface area contributed by atoms with Crippen LogP contribution in [0.1, 0.15) is 5.56 Å². The summed E-state index contributed by atoms with van der Waals surface area (Å²) < 4.78 is 0. The maximum atomic E-state index is 4.27. The summed E-state index contributed by atoms with van der Waals surface area (Å²) in [5.41, 5.74) is 3.09. The van der Waals surface area contributed by atoms with Gasteiger partial charge in [0.15, 0.2) is 0 Å². The molecule has 74 valence electrons. The summed E-state index contributed by atoms with van der Waals surface area (Å²) in [6, 6.07) is 13.9. The fourth-order valence-electron chi connectivity index (χ4n) is 1.29. The molecule has 1 nitrogen and oxygen atoms in total. The Morgan fingerprint density at radius 2 is 1.64 bits per heavy atom. The molecule has 0 amide bonds. The maximum absolute atomic E-state index is 4.27. The molecule has 2 aromatic rings. The topological polar surface area (TPSA) is 12.9 Å². The van der Waals surface area contributed by atoms with Crippen molar-refractivity contribution < 1.29 is 20.4 Å². The van der Waals surface area contributed by atoms with Crippen LogP contribution in [-0.2, 0) is 20.4 Å². The number of rotatable bonds is 1. The van der Waals surface area contributed by atoms with Gasteiger partial charge in [-0.05, 0) is 12.1 Å². The van der Waals surface area contributed by atoms with Crippen molar-refractivity contribution in [2.24, 2.45) is 0 Å². The number of aromatic nitrogens is 1. The summed E-state index contributed by atoms with van der Waals surface area (Å²) in [4.78, 5) is 4.27. The van der Waals surface area contributed by atoms with E-state index in [0.717, 1.165) is 16.8 Å². The second kappa shape index (κ2) is 4.95. The van der Waals surface area contributed by atoms with E-state index in [2.05, 4.69) is 11.9 Å². The Morgan fingerprint density at radius 3 is 2.29 bits per heavy atom. The van der Waals surface area contributed by atoms with Crippen molar-refractivity contribution in [1.29, 1.82) is 0 Å². The molecule has 1 aromatic carbocycles. The second-order valence-corrected chi connectivity index (χ2v) is 2.87. The van der Waals surface area contributed by atoms with Crippen LogP contribution in [0.4, 0.5) is 0 Å². The molecule has 1 aromatic heterocycles. The van der Waals surface area contributed by atoms with Gasteiger partial charge in [-0.2, -0.15) is 18.6 Å². The number of hydrogen-bond acceptors (Lipinski definition) is 1. The van der Waals surface area contributed by atoms with Crippen LogP contribution in [0.2, 0.25) is 0 Å². The maximum Gasteiger partial charge on any atom is 0.0262 e. The minimum absolute atomic E-state index is 0. The average molecular weight is 275 g/mol. The third-order valence-corrected chi connectivity index (χ3v) is 1.96. The van der Waals surface area contributed by atoms with Crippen LogP contribution < -0.4 is 0 Å². The Labute approximate surface area is 97.9 Å². The molecule has 2 heteroatoms. The summed E-state index contributed by atoms with van der Waals surface area (Å²) >= 11 is 0. The molecule has 0 fully saturated rings. The van der Waals surface area contributed by atoms with Crippen LogP contribution in [0.15, 0.2) is 48.7 Å². The smallest absolute Gasteiger partial charge is 0.0262 e. The van der Waals surface area contributed by atoms with Crippen molar-refractivity contribution in [3.05, 3.63) is 61.1 Å². The molecule has 0 atom stereocenters. The van der Waals surface area contributed by atoms with Crippen LogP contribution in [0.3, 0.4) is 0 Å². The predicted octanol–water partition coefficient (Wildman–Crippen LogP) is 2.93. The quantitative estimate of drug-likeness (QED) is 0.576. The van der Waals surface area contributed by atoms with E-state index in [-0.39, 0.29) is 20.4 Å². The fraction of sp³-hybridized carbons (Fsp3) is 0. The van der Waals surface area contributed by atoms with Gasteiger partial charge in [-0.1, -0.05) is 12.1 Å². The van der Waals surface area contributed by atoms with Gasteiger partial charge in [0.05, 0.1) is 0 Å². The molecular formula is C12H10NPd-. The first-order chi connectivity index (χ1) is 6.38. The van der Waals surface area contributed by atoms with Gasteiger partial charge in [-0.3, -0.25) is 4.98 Å². The molecule has 0 aliphatic heterocycles. The molecule has 0 N–H and O–H groups in total. The molecule has 0 saturated heterocycles. The van der Waals surface area contributed by atoms with Crippen molar-refractivity contribution in [3.8, 4) is 11.3 Å². The van der Waals surface area contributed by atoms with Crippen LogP contribution in [0.5, 0.6) is 0 Å². The van der Waals surface area contributed by atoms with E-state index in [1.54, 1.807) is 6.20 Å². The molecule has 0 spiro atoms. The van der Waals surface area contributed by atoms with Gasteiger partial charge < -0.3 is 0 Å². The van der Waals surface area contributed by atoms with Gasteiger partial charge in [0, 0.05) is 32.3 Å². The summed E-state index contributed by atoms with van der Waals surface area (Å²) in [7, 11) is 0. The molecular weight excluding hydrogens is 265 g/mol. The predicted molar refractivity (Wildman–Crippen MR) is 54.1 cm³/mol. The van der Waals surface area contributed by atoms with E-state index < -0.39 is 0 Å². The van der Waals surface area contributed by atoms with Crippen molar-refractivity contribution in [1.82, 2.24) is 4.98 Å². The van der Waals surface area contributed by atoms with Crippen molar-refractivity contribution >= 4 is 0 Å². The third kappa shape index (κ3) is 2.23. The first-order valence-electron chi connectivity index (χ1n) is 4.20. The number of hydrogen-bond donors (Lipinski definition) is 0. The third-order valence-electron chi connectivity index (χ3n) is 1.96. The summed E-state index contributed by atoms with van der Waals surface area (Å²) in [6.45, 7) is 3.96. The largest absolute Gasteiger partial charge is 0.270 e. The minimum Gasteiger partial charge on any atom is -0.270 e. The normalized spacial score (nSPS) is 9.14. The Kier molecular flexibility index (Phi) is 3.88. The van der Waals surface area contributed by atoms with E-state index in [4.69, 9.17) is 0 Å². The zero-order valence-electron chi connectivity index (χ0n) is 7.59.